The lowest BCUT2D eigenvalue weighted by atomic mass is 10.2. The molecule has 0 atom stereocenters. The molecule has 0 bridgehead atoms. The number of ether oxygens (including phenoxy) is 1. The predicted molar refractivity (Wildman–Crippen MR) is 92.2 cm³/mol. The monoisotopic (exact) mass is 336 g/mol. The molecule has 124 valence electrons. The Kier molecular flexibility index (Phi) is 3.69. The van der Waals surface area contributed by atoms with E-state index in [9.17, 15) is 8.78 Å². The molecule has 0 amide bonds. The van der Waals surface area contributed by atoms with Crippen molar-refractivity contribution in [1.82, 2.24) is 9.78 Å². The van der Waals surface area contributed by atoms with E-state index in [1.54, 1.807) is 36.0 Å². The first-order valence-corrected chi connectivity index (χ1v) is 7.78. The van der Waals surface area contributed by atoms with Gasteiger partial charge in [-0.25, -0.2) is 13.5 Å². The molecule has 3 nitrogen and oxygen atoms in total. The second-order valence-corrected chi connectivity index (χ2v) is 5.77. The van der Waals surface area contributed by atoms with E-state index in [-0.39, 0.29) is 11.6 Å². The smallest absolute Gasteiger partial charge is 0.130 e. The highest BCUT2D eigenvalue weighted by Crippen LogP contribution is 2.29. The summed E-state index contributed by atoms with van der Waals surface area (Å²) in [5, 5.41) is 5.25. The molecule has 0 spiro atoms. The number of aryl methyl sites for hydroxylation is 1. The fraction of sp³-hybridized carbons (Fsp3) is 0.0500. The number of aromatic nitrogens is 2. The van der Waals surface area contributed by atoms with E-state index in [2.05, 4.69) is 5.10 Å². The molecule has 1 aromatic heterocycles. The molecule has 0 saturated carbocycles. The normalized spacial score (nSPS) is 11.0. The van der Waals surface area contributed by atoms with E-state index < -0.39 is 0 Å². The fourth-order valence-corrected chi connectivity index (χ4v) is 2.72. The molecule has 4 aromatic rings. The molecular formula is C20H14F2N2O. The van der Waals surface area contributed by atoms with Crippen LogP contribution in [0.3, 0.4) is 0 Å². The zero-order valence-corrected chi connectivity index (χ0v) is 13.4. The van der Waals surface area contributed by atoms with Crippen LogP contribution in [0, 0.1) is 18.6 Å². The van der Waals surface area contributed by atoms with Crippen LogP contribution in [-0.2, 0) is 0 Å². The Morgan fingerprint density at radius 2 is 1.64 bits per heavy atom. The van der Waals surface area contributed by atoms with Crippen LogP contribution in [0.5, 0.6) is 11.5 Å². The van der Waals surface area contributed by atoms with Crippen molar-refractivity contribution >= 4 is 10.9 Å². The Morgan fingerprint density at radius 3 is 2.40 bits per heavy atom. The topological polar surface area (TPSA) is 27.1 Å². The van der Waals surface area contributed by atoms with Gasteiger partial charge in [0.2, 0.25) is 0 Å². The molecule has 0 saturated heterocycles. The predicted octanol–water partition coefficient (Wildman–Crippen LogP) is 5.40. The van der Waals surface area contributed by atoms with Crippen LogP contribution in [0.2, 0.25) is 0 Å². The number of fused-ring (bicyclic) bond motifs is 1. The summed E-state index contributed by atoms with van der Waals surface area (Å²) in [4.78, 5) is 0. The summed E-state index contributed by atoms with van der Waals surface area (Å²) in [7, 11) is 0. The Morgan fingerprint density at radius 1 is 0.880 bits per heavy atom. The largest absolute Gasteiger partial charge is 0.457 e. The van der Waals surface area contributed by atoms with Crippen molar-refractivity contribution in [3.63, 3.8) is 0 Å². The molecule has 0 fully saturated rings. The lowest BCUT2D eigenvalue weighted by Crippen LogP contribution is -1.95. The molecule has 25 heavy (non-hydrogen) atoms. The highest BCUT2D eigenvalue weighted by atomic mass is 19.1. The third-order valence-corrected chi connectivity index (χ3v) is 3.98. The lowest BCUT2D eigenvalue weighted by molar-refractivity contribution is 0.477. The van der Waals surface area contributed by atoms with Crippen LogP contribution >= 0.6 is 0 Å². The lowest BCUT2D eigenvalue weighted by Gasteiger charge is -2.09. The van der Waals surface area contributed by atoms with E-state index in [1.165, 1.54) is 24.3 Å². The van der Waals surface area contributed by atoms with Crippen molar-refractivity contribution in [2.24, 2.45) is 0 Å². The number of halogens is 2. The molecular weight excluding hydrogens is 322 g/mol. The van der Waals surface area contributed by atoms with Crippen molar-refractivity contribution in [3.05, 3.63) is 84.1 Å². The van der Waals surface area contributed by atoms with Crippen molar-refractivity contribution in [2.45, 2.75) is 6.92 Å². The number of hydrogen-bond acceptors (Lipinski definition) is 2. The maximum atomic E-state index is 13.2. The van der Waals surface area contributed by atoms with Gasteiger partial charge in [-0.15, -0.1) is 0 Å². The SMILES string of the molecule is Cc1cc(F)ccc1Oc1ccc2c(cnn2-c2ccc(F)cc2)c1. The summed E-state index contributed by atoms with van der Waals surface area (Å²) < 4.78 is 33.9. The number of nitrogens with zero attached hydrogens (tertiary/aromatic N) is 2. The molecule has 5 heteroatoms. The van der Waals surface area contributed by atoms with Gasteiger partial charge in [0.15, 0.2) is 0 Å². The van der Waals surface area contributed by atoms with Gasteiger partial charge in [-0.3, -0.25) is 0 Å². The van der Waals surface area contributed by atoms with Gasteiger partial charge in [0.05, 0.1) is 17.4 Å². The van der Waals surface area contributed by atoms with Crippen LogP contribution in [0.25, 0.3) is 16.6 Å². The first kappa shape index (κ1) is 15.3. The Labute approximate surface area is 143 Å². The number of rotatable bonds is 3. The summed E-state index contributed by atoms with van der Waals surface area (Å²) in [6.07, 6.45) is 1.73. The van der Waals surface area contributed by atoms with Gasteiger partial charge in [-0.05, 0) is 73.2 Å². The van der Waals surface area contributed by atoms with Crippen molar-refractivity contribution in [1.29, 1.82) is 0 Å². The first-order chi connectivity index (χ1) is 12.1. The molecule has 0 aliphatic heterocycles. The first-order valence-electron chi connectivity index (χ1n) is 7.78. The number of hydrogen-bond donors (Lipinski definition) is 0. The average Bonchev–Trinajstić information content (AvgIpc) is 3.01. The van der Waals surface area contributed by atoms with Gasteiger partial charge < -0.3 is 4.74 Å². The Hall–Kier alpha value is -3.21. The maximum Gasteiger partial charge on any atom is 0.130 e. The minimum absolute atomic E-state index is 0.287. The highest BCUT2D eigenvalue weighted by molar-refractivity contribution is 5.81. The third kappa shape index (κ3) is 2.96. The van der Waals surface area contributed by atoms with E-state index in [0.717, 1.165) is 22.2 Å². The van der Waals surface area contributed by atoms with Crippen LogP contribution in [0.4, 0.5) is 8.78 Å². The van der Waals surface area contributed by atoms with E-state index in [4.69, 9.17) is 4.74 Å². The summed E-state index contributed by atoms with van der Waals surface area (Å²) in [5.74, 6) is 0.666. The Bertz CT molecular complexity index is 1060. The number of benzene rings is 3. The summed E-state index contributed by atoms with van der Waals surface area (Å²) in [6.45, 7) is 1.80. The van der Waals surface area contributed by atoms with Gasteiger partial charge >= 0.3 is 0 Å². The molecule has 0 N–H and O–H groups in total. The highest BCUT2D eigenvalue weighted by Gasteiger charge is 2.08. The van der Waals surface area contributed by atoms with Crippen molar-refractivity contribution < 1.29 is 13.5 Å². The second-order valence-electron chi connectivity index (χ2n) is 5.77. The van der Waals surface area contributed by atoms with Gasteiger partial charge in [0.1, 0.15) is 23.1 Å². The molecule has 3 aromatic carbocycles. The van der Waals surface area contributed by atoms with E-state index in [1.807, 2.05) is 18.2 Å². The standard InChI is InChI=1S/C20H14F2N2O/c1-13-10-16(22)4-9-20(13)25-18-7-8-19-14(11-18)12-23-24(19)17-5-2-15(21)3-6-17/h2-12H,1H3. The van der Waals surface area contributed by atoms with Gasteiger partial charge in [0.25, 0.3) is 0 Å². The molecule has 0 radical (unpaired) electrons. The van der Waals surface area contributed by atoms with Crippen LogP contribution in [0.1, 0.15) is 5.56 Å². The van der Waals surface area contributed by atoms with Crippen LogP contribution < -0.4 is 4.74 Å². The summed E-state index contributed by atoms with van der Waals surface area (Å²) in [6, 6.07) is 16.1. The third-order valence-electron chi connectivity index (χ3n) is 3.98. The van der Waals surface area contributed by atoms with Crippen molar-refractivity contribution in [2.75, 3.05) is 0 Å². The minimum atomic E-state index is -0.291. The van der Waals surface area contributed by atoms with E-state index in [0.29, 0.717) is 11.5 Å². The van der Waals surface area contributed by atoms with Gasteiger partial charge in [-0.1, -0.05) is 0 Å². The van der Waals surface area contributed by atoms with E-state index >= 15 is 0 Å². The van der Waals surface area contributed by atoms with Crippen LogP contribution in [0.15, 0.2) is 66.9 Å². The van der Waals surface area contributed by atoms with Crippen molar-refractivity contribution in [3.8, 4) is 17.2 Å². The Balaban J connectivity index is 1.68. The zero-order valence-electron chi connectivity index (χ0n) is 13.4. The zero-order chi connectivity index (χ0) is 17.4. The average molecular weight is 336 g/mol. The second kappa shape index (κ2) is 6.02. The van der Waals surface area contributed by atoms with Gasteiger partial charge in [0, 0.05) is 5.39 Å². The minimum Gasteiger partial charge on any atom is -0.457 e. The fourth-order valence-electron chi connectivity index (χ4n) is 2.72. The molecule has 0 unspecified atom stereocenters. The van der Waals surface area contributed by atoms with Gasteiger partial charge in [-0.2, -0.15) is 5.10 Å². The molecule has 4 rings (SSSR count). The van der Waals surface area contributed by atoms with Crippen LogP contribution in [-0.4, -0.2) is 9.78 Å². The summed E-state index contributed by atoms with van der Waals surface area (Å²) >= 11 is 0. The molecule has 1 heterocycles. The maximum absolute atomic E-state index is 13.2. The molecule has 0 aliphatic carbocycles. The quantitative estimate of drug-likeness (QED) is 0.500. The summed E-state index contributed by atoms with van der Waals surface area (Å²) in [5.41, 5.74) is 2.39. The molecule has 0 aliphatic rings.